The third kappa shape index (κ3) is 2.05. The number of hydrogen-bond donors (Lipinski definition) is 0. The SMILES string of the molecule is CN(C)c1ccccc1-c1ccccc1Cl. The Morgan fingerprint density at radius 1 is 0.812 bits per heavy atom. The van der Waals surface area contributed by atoms with Gasteiger partial charge in [0, 0.05) is 35.9 Å². The zero-order valence-electron chi connectivity index (χ0n) is 9.44. The van der Waals surface area contributed by atoms with Crippen LogP contribution in [0, 0.1) is 0 Å². The Labute approximate surface area is 101 Å². The van der Waals surface area contributed by atoms with Crippen molar-refractivity contribution in [3.05, 3.63) is 53.6 Å². The number of anilines is 1. The van der Waals surface area contributed by atoms with E-state index in [1.165, 1.54) is 5.69 Å². The quantitative estimate of drug-likeness (QED) is 0.753. The standard InChI is InChI=1S/C14H14ClN/c1-16(2)14-10-6-4-8-12(14)11-7-3-5-9-13(11)15/h3-10H,1-2H3. The van der Waals surface area contributed by atoms with Crippen LogP contribution >= 0.6 is 11.6 Å². The number of para-hydroxylation sites is 1. The highest BCUT2D eigenvalue weighted by molar-refractivity contribution is 6.33. The van der Waals surface area contributed by atoms with Crippen molar-refractivity contribution >= 4 is 17.3 Å². The van der Waals surface area contributed by atoms with Crippen molar-refractivity contribution in [3.63, 3.8) is 0 Å². The molecule has 0 unspecified atom stereocenters. The molecule has 0 spiro atoms. The van der Waals surface area contributed by atoms with Gasteiger partial charge in [-0.2, -0.15) is 0 Å². The number of rotatable bonds is 2. The lowest BCUT2D eigenvalue weighted by molar-refractivity contribution is 1.13. The normalized spacial score (nSPS) is 10.2. The van der Waals surface area contributed by atoms with Crippen LogP contribution in [0.2, 0.25) is 5.02 Å². The Morgan fingerprint density at radius 3 is 2.00 bits per heavy atom. The second-order valence-electron chi connectivity index (χ2n) is 3.89. The molecule has 0 N–H and O–H groups in total. The van der Waals surface area contributed by atoms with Gasteiger partial charge in [0.15, 0.2) is 0 Å². The summed E-state index contributed by atoms with van der Waals surface area (Å²) in [5.41, 5.74) is 3.42. The Kier molecular flexibility index (Phi) is 3.16. The molecule has 0 saturated heterocycles. The van der Waals surface area contributed by atoms with Gasteiger partial charge in [0.05, 0.1) is 0 Å². The fraction of sp³-hybridized carbons (Fsp3) is 0.143. The molecule has 0 aliphatic heterocycles. The molecule has 2 aromatic carbocycles. The van der Waals surface area contributed by atoms with Crippen molar-refractivity contribution in [2.45, 2.75) is 0 Å². The molecule has 0 radical (unpaired) electrons. The summed E-state index contributed by atoms with van der Waals surface area (Å²) in [5.74, 6) is 0. The van der Waals surface area contributed by atoms with E-state index in [-0.39, 0.29) is 0 Å². The van der Waals surface area contributed by atoms with E-state index in [9.17, 15) is 0 Å². The van der Waals surface area contributed by atoms with E-state index < -0.39 is 0 Å². The monoisotopic (exact) mass is 231 g/mol. The Bertz CT molecular complexity index is 492. The van der Waals surface area contributed by atoms with E-state index in [4.69, 9.17) is 11.6 Å². The first-order valence-electron chi connectivity index (χ1n) is 5.21. The molecular weight excluding hydrogens is 218 g/mol. The largest absolute Gasteiger partial charge is 0.377 e. The summed E-state index contributed by atoms with van der Waals surface area (Å²) >= 11 is 6.22. The predicted molar refractivity (Wildman–Crippen MR) is 71.2 cm³/mol. The van der Waals surface area contributed by atoms with Crippen molar-refractivity contribution in [2.24, 2.45) is 0 Å². The van der Waals surface area contributed by atoms with E-state index in [1.54, 1.807) is 0 Å². The Morgan fingerprint density at radius 2 is 1.38 bits per heavy atom. The smallest absolute Gasteiger partial charge is 0.0485 e. The van der Waals surface area contributed by atoms with Crippen LogP contribution in [-0.4, -0.2) is 14.1 Å². The van der Waals surface area contributed by atoms with Crippen LogP contribution in [0.25, 0.3) is 11.1 Å². The molecule has 82 valence electrons. The lowest BCUT2D eigenvalue weighted by Gasteiger charge is -2.18. The average molecular weight is 232 g/mol. The minimum atomic E-state index is 0.789. The molecule has 0 fully saturated rings. The van der Waals surface area contributed by atoms with Crippen LogP contribution in [0.3, 0.4) is 0 Å². The predicted octanol–water partition coefficient (Wildman–Crippen LogP) is 4.07. The average Bonchev–Trinajstić information content (AvgIpc) is 2.29. The van der Waals surface area contributed by atoms with Gasteiger partial charge in [-0.25, -0.2) is 0 Å². The maximum Gasteiger partial charge on any atom is 0.0485 e. The van der Waals surface area contributed by atoms with Gasteiger partial charge in [0.25, 0.3) is 0 Å². The molecule has 0 saturated carbocycles. The third-order valence-electron chi connectivity index (χ3n) is 2.55. The molecule has 0 heterocycles. The molecule has 16 heavy (non-hydrogen) atoms. The minimum Gasteiger partial charge on any atom is -0.377 e. The summed E-state index contributed by atoms with van der Waals surface area (Å²) in [6.07, 6.45) is 0. The number of hydrogen-bond acceptors (Lipinski definition) is 1. The summed E-state index contributed by atoms with van der Waals surface area (Å²) < 4.78 is 0. The van der Waals surface area contributed by atoms with Gasteiger partial charge in [-0.3, -0.25) is 0 Å². The van der Waals surface area contributed by atoms with Crippen LogP contribution in [0.15, 0.2) is 48.5 Å². The van der Waals surface area contributed by atoms with Crippen LogP contribution in [-0.2, 0) is 0 Å². The van der Waals surface area contributed by atoms with E-state index in [2.05, 4.69) is 17.0 Å². The lowest BCUT2D eigenvalue weighted by atomic mass is 10.0. The second-order valence-corrected chi connectivity index (χ2v) is 4.30. The van der Waals surface area contributed by atoms with Gasteiger partial charge in [-0.05, 0) is 12.1 Å². The van der Waals surface area contributed by atoms with Crippen LogP contribution in [0.4, 0.5) is 5.69 Å². The zero-order valence-corrected chi connectivity index (χ0v) is 10.2. The molecular formula is C14H14ClN. The summed E-state index contributed by atoms with van der Waals surface area (Å²) in [5, 5.41) is 0.789. The lowest BCUT2D eigenvalue weighted by Crippen LogP contribution is -2.09. The van der Waals surface area contributed by atoms with Crippen molar-refractivity contribution in [2.75, 3.05) is 19.0 Å². The maximum absolute atomic E-state index is 6.22. The van der Waals surface area contributed by atoms with Crippen molar-refractivity contribution in [3.8, 4) is 11.1 Å². The first kappa shape index (κ1) is 11.0. The van der Waals surface area contributed by atoms with Crippen LogP contribution < -0.4 is 4.90 Å². The van der Waals surface area contributed by atoms with Gasteiger partial charge < -0.3 is 4.90 Å². The van der Waals surface area contributed by atoms with E-state index in [0.717, 1.165) is 16.1 Å². The number of benzene rings is 2. The van der Waals surface area contributed by atoms with Crippen molar-refractivity contribution in [1.82, 2.24) is 0 Å². The highest BCUT2D eigenvalue weighted by Crippen LogP contribution is 2.34. The molecule has 2 heteroatoms. The number of nitrogens with zero attached hydrogens (tertiary/aromatic N) is 1. The van der Waals surface area contributed by atoms with Gasteiger partial charge in [0.2, 0.25) is 0 Å². The first-order chi connectivity index (χ1) is 7.70. The summed E-state index contributed by atoms with van der Waals surface area (Å²) in [6, 6.07) is 16.2. The molecule has 2 rings (SSSR count). The summed E-state index contributed by atoms with van der Waals surface area (Å²) in [4.78, 5) is 2.10. The fourth-order valence-corrected chi connectivity index (χ4v) is 2.01. The Balaban J connectivity index is 2.60. The van der Waals surface area contributed by atoms with E-state index in [0.29, 0.717) is 0 Å². The molecule has 0 aliphatic carbocycles. The van der Waals surface area contributed by atoms with Crippen molar-refractivity contribution in [1.29, 1.82) is 0 Å². The molecule has 1 nitrogen and oxygen atoms in total. The molecule has 2 aromatic rings. The second kappa shape index (κ2) is 4.58. The van der Waals surface area contributed by atoms with E-state index >= 15 is 0 Å². The first-order valence-corrected chi connectivity index (χ1v) is 5.59. The summed E-state index contributed by atoms with van der Waals surface area (Å²) in [7, 11) is 4.07. The summed E-state index contributed by atoms with van der Waals surface area (Å²) in [6.45, 7) is 0. The Hall–Kier alpha value is -1.47. The maximum atomic E-state index is 6.22. The van der Waals surface area contributed by atoms with E-state index in [1.807, 2.05) is 50.5 Å². The van der Waals surface area contributed by atoms with Crippen LogP contribution in [0.1, 0.15) is 0 Å². The molecule has 0 atom stereocenters. The minimum absolute atomic E-state index is 0.789. The van der Waals surface area contributed by atoms with Crippen LogP contribution in [0.5, 0.6) is 0 Å². The third-order valence-corrected chi connectivity index (χ3v) is 2.88. The van der Waals surface area contributed by atoms with Gasteiger partial charge in [-0.15, -0.1) is 0 Å². The topological polar surface area (TPSA) is 3.24 Å². The van der Waals surface area contributed by atoms with Gasteiger partial charge in [-0.1, -0.05) is 48.0 Å². The molecule has 0 amide bonds. The highest BCUT2D eigenvalue weighted by atomic mass is 35.5. The van der Waals surface area contributed by atoms with Gasteiger partial charge >= 0.3 is 0 Å². The van der Waals surface area contributed by atoms with Gasteiger partial charge in [0.1, 0.15) is 0 Å². The molecule has 0 aromatic heterocycles. The molecule has 0 aliphatic rings. The fourth-order valence-electron chi connectivity index (χ4n) is 1.77. The zero-order chi connectivity index (χ0) is 11.5. The molecule has 0 bridgehead atoms. The number of halogens is 1. The highest BCUT2D eigenvalue weighted by Gasteiger charge is 2.08. The van der Waals surface area contributed by atoms with Crippen molar-refractivity contribution < 1.29 is 0 Å².